The van der Waals surface area contributed by atoms with Crippen LogP contribution in [0, 0.1) is 5.82 Å². The van der Waals surface area contributed by atoms with Gasteiger partial charge in [-0.05, 0) is 61.6 Å². The van der Waals surface area contributed by atoms with Crippen LogP contribution in [0.3, 0.4) is 0 Å². The number of anilines is 1. The number of aromatic nitrogens is 3. The van der Waals surface area contributed by atoms with E-state index in [4.69, 9.17) is 0 Å². The molecule has 2 aromatic carbocycles. The molecule has 4 aromatic rings. The lowest BCUT2D eigenvalue weighted by Gasteiger charge is -2.34. The van der Waals surface area contributed by atoms with Gasteiger partial charge in [0.1, 0.15) is 18.2 Å². The number of carbonyl (C=O) groups excluding carboxylic acids is 1. The lowest BCUT2D eigenvalue weighted by molar-refractivity contribution is -0.135. The second-order valence-corrected chi connectivity index (χ2v) is 11.1. The molecule has 0 bridgehead atoms. The van der Waals surface area contributed by atoms with Crippen molar-refractivity contribution in [2.75, 3.05) is 17.8 Å². The fourth-order valence-electron chi connectivity index (χ4n) is 4.62. The Morgan fingerprint density at radius 1 is 1.17 bits per heavy atom. The molecule has 5 rings (SSSR count). The topological polar surface area (TPSA) is 97.2 Å². The van der Waals surface area contributed by atoms with Crippen molar-refractivity contribution < 1.29 is 20.5 Å². The highest BCUT2D eigenvalue weighted by Crippen LogP contribution is 2.31. The smallest absolute Gasteiger partial charge is 0.263 e. The number of likely N-dealkylation sites (tertiary alicyclic amines) is 1. The maximum absolute atomic E-state index is 14.0. The zero-order valence-electron chi connectivity index (χ0n) is 19.0. The number of benzene rings is 2. The predicted molar refractivity (Wildman–Crippen MR) is 137 cm³/mol. The summed E-state index contributed by atoms with van der Waals surface area (Å²) in [6, 6.07) is 13.0. The number of nitrogens with zero attached hydrogens (tertiary/aromatic N) is 4. The molecule has 0 saturated carbocycles. The zero-order valence-corrected chi connectivity index (χ0v) is 20.6. The number of amides is 1. The van der Waals surface area contributed by atoms with Gasteiger partial charge in [-0.25, -0.2) is 17.8 Å². The van der Waals surface area contributed by atoms with Gasteiger partial charge in [0.05, 0.1) is 10.4 Å². The molecule has 1 saturated heterocycles. The summed E-state index contributed by atoms with van der Waals surface area (Å²) >= 11 is 0.973. The van der Waals surface area contributed by atoms with Crippen molar-refractivity contribution in [2.24, 2.45) is 0 Å². The van der Waals surface area contributed by atoms with Gasteiger partial charge in [0.15, 0.2) is 0 Å². The van der Waals surface area contributed by atoms with E-state index in [0.29, 0.717) is 24.0 Å². The quantitative estimate of drug-likeness (QED) is 0.393. The number of fused-ring (bicyclic) bond motifs is 1. The average Bonchev–Trinajstić information content (AvgIpc) is 3.54. The highest BCUT2D eigenvalue weighted by molar-refractivity contribution is 7.93. The molecule has 0 radical (unpaired) electrons. The van der Waals surface area contributed by atoms with Gasteiger partial charge in [0.2, 0.25) is 11.0 Å². The molecule has 1 fully saturated rings. The molecule has 8 nitrogen and oxygen atoms in total. The summed E-state index contributed by atoms with van der Waals surface area (Å²) in [4.78, 5) is 19.1. The summed E-state index contributed by atoms with van der Waals surface area (Å²) in [5.41, 5.74) is 1.75. The standard InChI is InChI=1S/C24H24FN5O3S2.2H2/c1-16(30-14-11-20-21(25)3-2-4-22(20)30)23(31)29-12-9-18(10-13-29)17-5-7-19(8-6-17)35(32,33)28-24-26-15-27-34-24;;/h2-8,11,14-16,18H,9-10,12-13H2,1H3,(H,26,27,28);2*1H/t16-;;/m0../s1. The highest BCUT2D eigenvalue weighted by atomic mass is 32.2. The van der Waals surface area contributed by atoms with Gasteiger partial charge in [0, 0.05) is 39.1 Å². The minimum Gasteiger partial charge on any atom is -0.341 e. The number of hydrogen-bond acceptors (Lipinski definition) is 6. The SMILES string of the molecule is C[C@@H](C(=O)N1CCC(c2ccc(S(=O)(=O)Nc3ncns3)cc2)CC1)n1ccc2c(F)cccc21.[HH].[HH]. The molecule has 1 atom stereocenters. The van der Waals surface area contributed by atoms with Crippen molar-refractivity contribution in [3.05, 3.63) is 72.4 Å². The van der Waals surface area contributed by atoms with E-state index < -0.39 is 16.1 Å². The molecule has 186 valence electrons. The zero-order chi connectivity index (χ0) is 24.6. The van der Waals surface area contributed by atoms with Crippen molar-refractivity contribution >= 4 is 43.5 Å². The third-order valence-corrected chi connectivity index (χ3v) is 8.60. The van der Waals surface area contributed by atoms with Crippen LogP contribution in [0.25, 0.3) is 10.9 Å². The number of rotatable bonds is 6. The molecule has 0 aliphatic carbocycles. The molecule has 11 heteroatoms. The number of sulfonamides is 1. The molecular weight excluding hydrogens is 489 g/mol. The lowest BCUT2D eigenvalue weighted by atomic mass is 9.89. The number of piperidine rings is 1. The van der Waals surface area contributed by atoms with E-state index in [1.165, 1.54) is 12.4 Å². The van der Waals surface area contributed by atoms with Crippen LogP contribution in [0.5, 0.6) is 0 Å². The molecule has 2 aromatic heterocycles. The molecule has 3 heterocycles. The fourth-order valence-corrected chi connectivity index (χ4v) is 6.28. The lowest BCUT2D eigenvalue weighted by Crippen LogP contribution is -2.41. The van der Waals surface area contributed by atoms with E-state index in [0.717, 1.165) is 29.9 Å². The highest BCUT2D eigenvalue weighted by Gasteiger charge is 2.28. The molecule has 1 N–H and O–H groups in total. The Hall–Kier alpha value is -3.31. The molecule has 0 unspecified atom stereocenters. The van der Waals surface area contributed by atoms with Crippen LogP contribution in [0.15, 0.2) is 66.0 Å². The third kappa shape index (κ3) is 4.65. The maximum atomic E-state index is 14.0. The number of nitrogens with one attached hydrogen (secondary N) is 1. The van der Waals surface area contributed by atoms with Crippen LogP contribution in [-0.2, 0) is 14.8 Å². The molecule has 35 heavy (non-hydrogen) atoms. The normalized spacial score (nSPS) is 15.9. The Morgan fingerprint density at radius 2 is 1.91 bits per heavy atom. The van der Waals surface area contributed by atoms with Crippen molar-refractivity contribution in [3.8, 4) is 0 Å². The summed E-state index contributed by atoms with van der Waals surface area (Å²) in [5, 5.41) is 0.730. The van der Waals surface area contributed by atoms with Crippen molar-refractivity contribution in [3.63, 3.8) is 0 Å². The number of halogens is 1. The largest absolute Gasteiger partial charge is 0.341 e. The van der Waals surface area contributed by atoms with Gasteiger partial charge in [-0.3, -0.25) is 9.52 Å². The van der Waals surface area contributed by atoms with Gasteiger partial charge in [-0.1, -0.05) is 18.2 Å². The Morgan fingerprint density at radius 3 is 2.60 bits per heavy atom. The molecule has 0 spiro atoms. The van der Waals surface area contributed by atoms with E-state index in [-0.39, 0.29) is 30.5 Å². The number of hydrogen-bond donors (Lipinski definition) is 1. The first kappa shape index (κ1) is 23.4. The first-order chi connectivity index (χ1) is 16.8. The van der Waals surface area contributed by atoms with Gasteiger partial charge < -0.3 is 9.47 Å². The third-order valence-electron chi connectivity index (χ3n) is 6.54. The van der Waals surface area contributed by atoms with Crippen LogP contribution in [0.1, 0.15) is 40.1 Å². The first-order valence-corrected chi connectivity index (χ1v) is 13.5. The second kappa shape index (κ2) is 9.38. The minimum atomic E-state index is -3.72. The van der Waals surface area contributed by atoms with Crippen LogP contribution >= 0.6 is 11.5 Å². The van der Waals surface area contributed by atoms with Crippen LogP contribution in [0.2, 0.25) is 0 Å². The monoisotopic (exact) mass is 517 g/mol. The van der Waals surface area contributed by atoms with Crippen LogP contribution < -0.4 is 4.72 Å². The molecule has 1 amide bonds. The average molecular weight is 518 g/mol. The predicted octanol–water partition coefficient (Wildman–Crippen LogP) is 4.89. The Bertz CT molecular complexity index is 1460. The second-order valence-electron chi connectivity index (χ2n) is 8.59. The van der Waals surface area contributed by atoms with Crippen LogP contribution in [-0.4, -0.2) is 46.2 Å². The first-order valence-electron chi connectivity index (χ1n) is 11.3. The molecule has 1 aliphatic heterocycles. The van der Waals surface area contributed by atoms with E-state index in [1.54, 1.807) is 30.5 Å². The molecule has 1 aliphatic rings. The van der Waals surface area contributed by atoms with Crippen LogP contribution in [0.4, 0.5) is 9.52 Å². The van der Waals surface area contributed by atoms with E-state index >= 15 is 0 Å². The van der Waals surface area contributed by atoms with E-state index in [2.05, 4.69) is 14.1 Å². The summed E-state index contributed by atoms with van der Waals surface area (Å²) in [6.07, 6.45) is 4.63. The fraction of sp³-hybridized carbons (Fsp3) is 0.292. The van der Waals surface area contributed by atoms with Crippen molar-refractivity contribution in [1.82, 2.24) is 18.8 Å². The number of carbonyl (C=O) groups is 1. The summed E-state index contributed by atoms with van der Waals surface area (Å²) in [7, 11) is -3.72. The van der Waals surface area contributed by atoms with Gasteiger partial charge in [0.25, 0.3) is 10.0 Å². The Kier molecular flexibility index (Phi) is 6.28. The summed E-state index contributed by atoms with van der Waals surface area (Å²) in [6.45, 7) is 3.06. The van der Waals surface area contributed by atoms with Gasteiger partial charge in [-0.2, -0.15) is 4.37 Å². The van der Waals surface area contributed by atoms with Gasteiger partial charge in [-0.15, -0.1) is 0 Å². The summed E-state index contributed by atoms with van der Waals surface area (Å²) in [5.74, 6) is -0.0466. The minimum absolute atomic E-state index is 0. The van der Waals surface area contributed by atoms with Crippen molar-refractivity contribution in [2.45, 2.75) is 36.6 Å². The summed E-state index contributed by atoms with van der Waals surface area (Å²) < 4.78 is 47.1. The Balaban J connectivity index is 0.00000190. The maximum Gasteiger partial charge on any atom is 0.263 e. The Labute approximate surface area is 209 Å². The van der Waals surface area contributed by atoms with Crippen molar-refractivity contribution in [1.29, 1.82) is 0 Å². The van der Waals surface area contributed by atoms with E-state index in [1.807, 2.05) is 34.6 Å². The van der Waals surface area contributed by atoms with E-state index in [9.17, 15) is 17.6 Å². The van der Waals surface area contributed by atoms with Gasteiger partial charge >= 0.3 is 0 Å². The molecular formula is C24H28FN5O3S2.